The van der Waals surface area contributed by atoms with Crippen molar-refractivity contribution in [1.29, 1.82) is 0 Å². The molecule has 2 aromatic carbocycles. The average Bonchev–Trinajstić information content (AvgIpc) is 2.93. The van der Waals surface area contributed by atoms with E-state index in [9.17, 15) is 13.2 Å². The standard InChI is InChI=1S/C21H26N4O3S/c1-14(2)12-22-21(26)18-10-17(24-29(4,27)28)11-19-20(18)25(15(3)23-19)13-16-8-6-5-7-9-16/h5-11,14,24H,12-13H2,1-4H3,(H,22,26). The highest BCUT2D eigenvalue weighted by molar-refractivity contribution is 7.92. The predicted molar refractivity (Wildman–Crippen MR) is 116 cm³/mol. The van der Waals surface area contributed by atoms with Gasteiger partial charge in [-0.3, -0.25) is 9.52 Å². The molecule has 0 fully saturated rings. The van der Waals surface area contributed by atoms with E-state index in [4.69, 9.17) is 0 Å². The maximum Gasteiger partial charge on any atom is 0.253 e. The number of aromatic nitrogens is 2. The van der Waals surface area contributed by atoms with E-state index in [0.717, 1.165) is 17.6 Å². The third-order valence-corrected chi connectivity index (χ3v) is 5.04. The molecule has 8 heteroatoms. The molecule has 0 bridgehead atoms. The Labute approximate surface area is 171 Å². The fraction of sp³-hybridized carbons (Fsp3) is 0.333. The number of hydrogen-bond acceptors (Lipinski definition) is 4. The lowest BCUT2D eigenvalue weighted by atomic mass is 10.1. The van der Waals surface area contributed by atoms with Crippen molar-refractivity contribution in [3.63, 3.8) is 0 Å². The lowest BCUT2D eigenvalue weighted by Gasteiger charge is -2.14. The summed E-state index contributed by atoms with van der Waals surface area (Å²) in [6, 6.07) is 13.1. The van der Waals surface area contributed by atoms with E-state index < -0.39 is 10.0 Å². The molecule has 0 aliphatic rings. The minimum absolute atomic E-state index is 0.255. The molecule has 1 aromatic heterocycles. The van der Waals surface area contributed by atoms with Gasteiger partial charge in [0.1, 0.15) is 5.82 Å². The highest BCUT2D eigenvalue weighted by Gasteiger charge is 2.19. The van der Waals surface area contributed by atoms with Gasteiger partial charge >= 0.3 is 0 Å². The van der Waals surface area contributed by atoms with Crippen LogP contribution in [0.1, 0.15) is 35.6 Å². The molecule has 0 aliphatic heterocycles. The summed E-state index contributed by atoms with van der Waals surface area (Å²) >= 11 is 0. The number of imidazole rings is 1. The van der Waals surface area contributed by atoms with Crippen molar-refractivity contribution in [2.75, 3.05) is 17.5 Å². The molecular weight excluding hydrogens is 388 g/mol. The van der Waals surface area contributed by atoms with Crippen LogP contribution < -0.4 is 10.0 Å². The third kappa shape index (κ3) is 5.14. The molecule has 1 amide bonds. The molecule has 0 atom stereocenters. The second-order valence-electron chi connectivity index (χ2n) is 7.60. The van der Waals surface area contributed by atoms with Gasteiger partial charge in [0.25, 0.3) is 5.91 Å². The second kappa shape index (κ2) is 8.24. The van der Waals surface area contributed by atoms with Crippen molar-refractivity contribution in [3.8, 4) is 0 Å². The number of sulfonamides is 1. The van der Waals surface area contributed by atoms with Crippen molar-refractivity contribution >= 4 is 32.7 Å². The Bertz CT molecular complexity index is 1140. The lowest BCUT2D eigenvalue weighted by molar-refractivity contribution is 0.0950. The molecule has 3 rings (SSSR count). The number of amides is 1. The SMILES string of the molecule is Cc1nc2cc(NS(C)(=O)=O)cc(C(=O)NCC(C)C)c2n1Cc1ccccc1. The number of benzene rings is 2. The summed E-state index contributed by atoms with van der Waals surface area (Å²) in [6.45, 7) is 6.99. The van der Waals surface area contributed by atoms with Gasteiger partial charge in [-0.2, -0.15) is 0 Å². The van der Waals surface area contributed by atoms with Gasteiger partial charge in [0.2, 0.25) is 10.0 Å². The first-order valence-electron chi connectivity index (χ1n) is 9.45. The third-order valence-electron chi connectivity index (χ3n) is 4.43. The topological polar surface area (TPSA) is 93.1 Å². The summed E-state index contributed by atoms with van der Waals surface area (Å²) in [5, 5.41) is 2.92. The first-order valence-corrected chi connectivity index (χ1v) is 11.3. The number of nitrogens with one attached hydrogen (secondary N) is 2. The zero-order valence-electron chi connectivity index (χ0n) is 17.1. The van der Waals surface area contributed by atoms with Gasteiger partial charge in [-0.05, 0) is 30.5 Å². The van der Waals surface area contributed by atoms with Crippen LogP contribution in [0, 0.1) is 12.8 Å². The summed E-state index contributed by atoms with van der Waals surface area (Å²) in [5.41, 5.74) is 3.06. The molecular formula is C21H26N4O3S. The van der Waals surface area contributed by atoms with E-state index in [0.29, 0.717) is 41.3 Å². The van der Waals surface area contributed by atoms with Crippen LogP contribution in [0.25, 0.3) is 11.0 Å². The Hall–Kier alpha value is -2.87. The van der Waals surface area contributed by atoms with Crippen molar-refractivity contribution in [1.82, 2.24) is 14.9 Å². The van der Waals surface area contributed by atoms with Gasteiger partial charge < -0.3 is 9.88 Å². The molecule has 0 aliphatic carbocycles. The Morgan fingerprint density at radius 1 is 1.17 bits per heavy atom. The number of nitrogens with zero attached hydrogens (tertiary/aromatic N) is 2. The van der Waals surface area contributed by atoms with Crippen LogP contribution in [0.2, 0.25) is 0 Å². The zero-order valence-corrected chi connectivity index (χ0v) is 17.9. The van der Waals surface area contributed by atoms with E-state index in [1.807, 2.05) is 55.7 Å². The van der Waals surface area contributed by atoms with Crippen molar-refractivity contribution in [2.45, 2.75) is 27.3 Å². The summed E-state index contributed by atoms with van der Waals surface area (Å²) in [4.78, 5) is 17.6. The van der Waals surface area contributed by atoms with Gasteiger partial charge in [0.15, 0.2) is 0 Å². The van der Waals surface area contributed by atoms with Gasteiger partial charge in [0, 0.05) is 13.1 Å². The normalized spacial score (nSPS) is 11.8. The number of carbonyl (C=O) groups is 1. The molecule has 3 aromatic rings. The van der Waals surface area contributed by atoms with Crippen LogP contribution in [0.15, 0.2) is 42.5 Å². The molecule has 154 valence electrons. The molecule has 7 nitrogen and oxygen atoms in total. The smallest absolute Gasteiger partial charge is 0.253 e. The molecule has 0 saturated heterocycles. The van der Waals surface area contributed by atoms with Crippen LogP contribution in [-0.4, -0.2) is 36.7 Å². The van der Waals surface area contributed by atoms with Gasteiger partial charge in [0.05, 0.1) is 28.5 Å². The maximum atomic E-state index is 13.0. The molecule has 2 N–H and O–H groups in total. The van der Waals surface area contributed by atoms with Gasteiger partial charge in [-0.25, -0.2) is 13.4 Å². The fourth-order valence-electron chi connectivity index (χ4n) is 3.18. The van der Waals surface area contributed by atoms with Crippen LogP contribution >= 0.6 is 0 Å². The molecule has 0 saturated carbocycles. The number of anilines is 1. The lowest BCUT2D eigenvalue weighted by Crippen LogP contribution is -2.28. The van der Waals surface area contributed by atoms with E-state index in [-0.39, 0.29) is 5.91 Å². The van der Waals surface area contributed by atoms with Crippen molar-refractivity contribution in [3.05, 3.63) is 59.4 Å². The number of hydrogen-bond donors (Lipinski definition) is 2. The van der Waals surface area contributed by atoms with Crippen LogP contribution in [0.4, 0.5) is 5.69 Å². The highest BCUT2D eigenvalue weighted by Crippen LogP contribution is 2.27. The molecule has 29 heavy (non-hydrogen) atoms. The zero-order chi connectivity index (χ0) is 21.2. The predicted octanol–water partition coefficient (Wildman–Crippen LogP) is 3.15. The summed E-state index contributed by atoms with van der Waals surface area (Å²) in [7, 11) is -3.48. The monoisotopic (exact) mass is 414 g/mol. The Balaban J connectivity index is 2.14. The fourth-order valence-corrected chi connectivity index (χ4v) is 3.73. The van der Waals surface area contributed by atoms with Crippen LogP contribution in [-0.2, 0) is 16.6 Å². The van der Waals surface area contributed by atoms with Crippen LogP contribution in [0.5, 0.6) is 0 Å². The van der Waals surface area contributed by atoms with Gasteiger partial charge in [-0.1, -0.05) is 44.2 Å². The first kappa shape index (κ1) is 20.9. The number of carbonyl (C=O) groups excluding carboxylic acids is 1. The Kier molecular flexibility index (Phi) is 5.93. The number of fused-ring (bicyclic) bond motifs is 1. The number of rotatable bonds is 7. The summed E-state index contributed by atoms with van der Waals surface area (Å²) < 4.78 is 27.9. The quantitative estimate of drug-likeness (QED) is 0.621. The summed E-state index contributed by atoms with van der Waals surface area (Å²) in [5.74, 6) is 0.788. The Morgan fingerprint density at radius 2 is 1.86 bits per heavy atom. The average molecular weight is 415 g/mol. The first-order chi connectivity index (χ1) is 13.6. The van der Waals surface area contributed by atoms with E-state index in [1.54, 1.807) is 12.1 Å². The van der Waals surface area contributed by atoms with Crippen molar-refractivity contribution in [2.24, 2.45) is 5.92 Å². The number of aryl methyl sites for hydroxylation is 1. The highest BCUT2D eigenvalue weighted by atomic mass is 32.2. The minimum atomic E-state index is -3.48. The van der Waals surface area contributed by atoms with Gasteiger partial charge in [-0.15, -0.1) is 0 Å². The Morgan fingerprint density at radius 3 is 2.48 bits per heavy atom. The van der Waals surface area contributed by atoms with Crippen LogP contribution in [0.3, 0.4) is 0 Å². The van der Waals surface area contributed by atoms with E-state index in [2.05, 4.69) is 15.0 Å². The molecule has 0 radical (unpaired) electrons. The largest absolute Gasteiger partial charge is 0.352 e. The van der Waals surface area contributed by atoms with Crippen molar-refractivity contribution < 1.29 is 13.2 Å². The minimum Gasteiger partial charge on any atom is -0.352 e. The second-order valence-corrected chi connectivity index (χ2v) is 9.35. The maximum absolute atomic E-state index is 13.0. The summed E-state index contributed by atoms with van der Waals surface area (Å²) in [6.07, 6.45) is 1.08. The molecule has 1 heterocycles. The van der Waals surface area contributed by atoms with E-state index in [1.165, 1.54) is 0 Å². The molecule has 0 spiro atoms. The van der Waals surface area contributed by atoms with E-state index >= 15 is 0 Å². The molecule has 0 unspecified atom stereocenters.